The summed E-state index contributed by atoms with van der Waals surface area (Å²) < 4.78 is 11.5. The summed E-state index contributed by atoms with van der Waals surface area (Å²) in [5.74, 6) is 5.73. The molecule has 0 aliphatic carbocycles. The Morgan fingerprint density at radius 2 is 1.55 bits per heavy atom. The Hall–Kier alpha value is -1.04. The summed E-state index contributed by atoms with van der Waals surface area (Å²) in [7, 11) is 0. The van der Waals surface area contributed by atoms with Crippen molar-refractivity contribution < 1.29 is 9.47 Å². The molecular weight excluding hydrogens is 272 g/mol. The van der Waals surface area contributed by atoms with E-state index in [9.17, 15) is 0 Å². The van der Waals surface area contributed by atoms with Crippen molar-refractivity contribution >= 4 is 0 Å². The Kier molecular flexibility index (Phi) is 17.2. The van der Waals surface area contributed by atoms with Crippen LogP contribution in [-0.4, -0.2) is 19.5 Å². The topological polar surface area (TPSA) is 18.5 Å². The number of hydrogen-bond donors (Lipinski definition) is 0. The molecule has 0 aromatic rings. The van der Waals surface area contributed by atoms with Crippen LogP contribution in [0, 0.1) is 11.8 Å². The second kappa shape index (κ2) is 18.0. The lowest BCUT2D eigenvalue weighted by Crippen LogP contribution is -2.18. The van der Waals surface area contributed by atoms with Gasteiger partial charge in [-0.3, -0.25) is 0 Å². The quantitative estimate of drug-likeness (QED) is 0.235. The van der Waals surface area contributed by atoms with E-state index in [1.807, 2.05) is 6.08 Å². The predicted octanol–water partition coefficient (Wildman–Crippen LogP) is 5.64. The average Bonchev–Trinajstić information content (AvgIpc) is 2.54. The molecule has 0 bridgehead atoms. The molecule has 0 aliphatic rings. The SMILES string of the molecule is C=CC#C/C=C\CCCCCCCC(OCCC)OCCC. The highest BCUT2D eigenvalue weighted by molar-refractivity contribution is 5.21. The number of hydrogen-bond acceptors (Lipinski definition) is 2. The van der Waals surface area contributed by atoms with Crippen LogP contribution < -0.4 is 0 Å². The summed E-state index contributed by atoms with van der Waals surface area (Å²) in [4.78, 5) is 0. The van der Waals surface area contributed by atoms with Crippen LogP contribution >= 0.6 is 0 Å². The Bertz CT molecular complexity index is 314. The van der Waals surface area contributed by atoms with E-state index in [2.05, 4.69) is 38.3 Å². The van der Waals surface area contributed by atoms with Gasteiger partial charge < -0.3 is 9.47 Å². The monoisotopic (exact) mass is 306 g/mol. The fourth-order valence-corrected chi connectivity index (χ4v) is 2.07. The van der Waals surface area contributed by atoms with Crippen molar-refractivity contribution in [1.82, 2.24) is 0 Å². The number of allylic oxidation sites excluding steroid dienone is 3. The van der Waals surface area contributed by atoms with E-state index in [0.29, 0.717) is 0 Å². The van der Waals surface area contributed by atoms with Crippen molar-refractivity contribution in [1.29, 1.82) is 0 Å². The van der Waals surface area contributed by atoms with E-state index < -0.39 is 0 Å². The zero-order chi connectivity index (χ0) is 16.3. The molecule has 0 aromatic heterocycles. The lowest BCUT2D eigenvalue weighted by atomic mass is 10.1. The molecular formula is C20H34O2. The molecule has 0 saturated heterocycles. The van der Waals surface area contributed by atoms with Crippen LogP contribution in [0.5, 0.6) is 0 Å². The smallest absolute Gasteiger partial charge is 0.157 e. The van der Waals surface area contributed by atoms with Gasteiger partial charge in [-0.15, -0.1) is 0 Å². The van der Waals surface area contributed by atoms with Gasteiger partial charge in [0, 0.05) is 13.2 Å². The Morgan fingerprint density at radius 1 is 0.909 bits per heavy atom. The summed E-state index contributed by atoms with van der Waals surface area (Å²) >= 11 is 0. The van der Waals surface area contributed by atoms with Gasteiger partial charge in [0.05, 0.1) is 0 Å². The van der Waals surface area contributed by atoms with Crippen molar-refractivity contribution in [2.24, 2.45) is 0 Å². The van der Waals surface area contributed by atoms with E-state index >= 15 is 0 Å². The molecule has 2 nitrogen and oxygen atoms in total. The van der Waals surface area contributed by atoms with Crippen molar-refractivity contribution in [3.05, 3.63) is 24.8 Å². The van der Waals surface area contributed by atoms with Crippen molar-refractivity contribution in [3.63, 3.8) is 0 Å². The molecule has 0 unspecified atom stereocenters. The molecule has 0 N–H and O–H groups in total. The van der Waals surface area contributed by atoms with Crippen LogP contribution in [-0.2, 0) is 9.47 Å². The number of rotatable bonds is 14. The normalized spacial score (nSPS) is 10.9. The molecule has 0 radical (unpaired) electrons. The summed E-state index contributed by atoms with van der Waals surface area (Å²) in [6.07, 6.45) is 16.2. The molecule has 0 aliphatic heterocycles. The molecule has 126 valence electrons. The maximum Gasteiger partial charge on any atom is 0.157 e. The molecule has 0 spiro atoms. The zero-order valence-electron chi connectivity index (χ0n) is 14.6. The molecule has 0 aromatic carbocycles. The Balaban J connectivity index is 3.51. The van der Waals surface area contributed by atoms with Gasteiger partial charge in [0.1, 0.15) is 0 Å². The third-order valence-corrected chi connectivity index (χ3v) is 3.21. The molecule has 22 heavy (non-hydrogen) atoms. The van der Waals surface area contributed by atoms with Gasteiger partial charge in [0.15, 0.2) is 6.29 Å². The molecule has 0 fully saturated rings. The van der Waals surface area contributed by atoms with E-state index in [0.717, 1.165) is 38.9 Å². The van der Waals surface area contributed by atoms with Crippen molar-refractivity contribution in [2.45, 2.75) is 77.9 Å². The van der Waals surface area contributed by atoms with E-state index in [1.165, 1.54) is 32.1 Å². The minimum absolute atomic E-state index is 0.00580. The summed E-state index contributed by atoms with van der Waals surface area (Å²) in [5.41, 5.74) is 0. The van der Waals surface area contributed by atoms with Crippen LogP contribution in [0.2, 0.25) is 0 Å². The van der Waals surface area contributed by atoms with E-state index in [-0.39, 0.29) is 6.29 Å². The number of unbranched alkanes of at least 4 members (excludes halogenated alkanes) is 5. The van der Waals surface area contributed by atoms with Crippen LogP contribution in [0.4, 0.5) is 0 Å². The highest BCUT2D eigenvalue weighted by Crippen LogP contribution is 2.12. The molecule has 2 heteroatoms. The molecule has 0 amide bonds. The lowest BCUT2D eigenvalue weighted by molar-refractivity contribution is -0.146. The van der Waals surface area contributed by atoms with Gasteiger partial charge >= 0.3 is 0 Å². The van der Waals surface area contributed by atoms with Crippen LogP contribution in [0.1, 0.15) is 71.6 Å². The van der Waals surface area contributed by atoms with Gasteiger partial charge in [-0.25, -0.2) is 0 Å². The van der Waals surface area contributed by atoms with E-state index in [4.69, 9.17) is 9.47 Å². The molecule has 0 rings (SSSR count). The van der Waals surface area contributed by atoms with Crippen molar-refractivity contribution in [2.75, 3.05) is 13.2 Å². The Morgan fingerprint density at radius 3 is 2.18 bits per heavy atom. The lowest BCUT2D eigenvalue weighted by Gasteiger charge is -2.18. The first-order valence-corrected chi connectivity index (χ1v) is 8.85. The van der Waals surface area contributed by atoms with Gasteiger partial charge in [0.2, 0.25) is 0 Å². The Labute approximate surface area is 138 Å². The fourth-order valence-electron chi connectivity index (χ4n) is 2.07. The summed E-state index contributed by atoms with van der Waals surface area (Å²) in [6, 6.07) is 0. The standard InChI is InChI=1S/C20H34O2/c1-4-7-8-9-10-11-12-13-14-15-16-17-20(21-18-5-2)22-19-6-3/h4,9-10,20H,1,5-6,11-19H2,2-3H3/b10-9-. The third kappa shape index (κ3) is 15.4. The summed E-state index contributed by atoms with van der Waals surface area (Å²) in [5, 5.41) is 0. The zero-order valence-corrected chi connectivity index (χ0v) is 14.6. The predicted molar refractivity (Wildman–Crippen MR) is 95.7 cm³/mol. The van der Waals surface area contributed by atoms with E-state index in [1.54, 1.807) is 6.08 Å². The summed E-state index contributed by atoms with van der Waals surface area (Å²) in [6.45, 7) is 9.42. The second-order valence-electron chi connectivity index (χ2n) is 5.41. The van der Waals surface area contributed by atoms with Crippen LogP contribution in [0.25, 0.3) is 0 Å². The first-order chi connectivity index (χ1) is 10.8. The number of ether oxygens (including phenoxy) is 2. The third-order valence-electron chi connectivity index (χ3n) is 3.21. The first kappa shape index (κ1) is 21.0. The highest BCUT2D eigenvalue weighted by atomic mass is 16.7. The maximum atomic E-state index is 5.73. The molecule has 0 atom stereocenters. The minimum Gasteiger partial charge on any atom is -0.353 e. The van der Waals surface area contributed by atoms with Gasteiger partial charge in [-0.2, -0.15) is 0 Å². The average molecular weight is 306 g/mol. The van der Waals surface area contributed by atoms with Gasteiger partial charge in [0.25, 0.3) is 0 Å². The van der Waals surface area contributed by atoms with Crippen LogP contribution in [0.3, 0.4) is 0 Å². The minimum atomic E-state index is 0.00580. The largest absolute Gasteiger partial charge is 0.353 e. The fraction of sp³-hybridized carbons (Fsp3) is 0.700. The van der Waals surface area contributed by atoms with Crippen molar-refractivity contribution in [3.8, 4) is 11.8 Å². The first-order valence-electron chi connectivity index (χ1n) is 8.85. The molecule has 0 heterocycles. The van der Waals surface area contributed by atoms with Crippen LogP contribution in [0.15, 0.2) is 24.8 Å². The highest BCUT2D eigenvalue weighted by Gasteiger charge is 2.07. The molecule has 0 saturated carbocycles. The second-order valence-corrected chi connectivity index (χ2v) is 5.41. The van der Waals surface area contributed by atoms with Gasteiger partial charge in [-0.1, -0.05) is 57.6 Å². The maximum absolute atomic E-state index is 5.73. The van der Waals surface area contributed by atoms with Gasteiger partial charge in [-0.05, 0) is 50.7 Å².